The Balaban J connectivity index is 1.49. The largest absolute Gasteiger partial charge is 0.508 e. The van der Waals surface area contributed by atoms with E-state index in [0.29, 0.717) is 18.5 Å². The maximum absolute atomic E-state index is 14.3. The van der Waals surface area contributed by atoms with Crippen LogP contribution in [0, 0.1) is 29.6 Å². The molecule has 488 valence electrons. The van der Waals surface area contributed by atoms with Gasteiger partial charge in [0.1, 0.15) is 11.8 Å². The number of aliphatic imine (C=N–C) groups is 1. The maximum Gasteiger partial charge on any atom is 0.303 e. The highest BCUT2D eigenvalue weighted by Crippen LogP contribution is 2.29. The first-order chi connectivity index (χ1) is 42.1. The molecule has 1 fully saturated rings. The fraction of sp³-hybridized carbons (Fsp3) is 0.571. The Morgan fingerprint density at radius 1 is 0.652 bits per heavy atom. The molecule has 1 heterocycles. The van der Waals surface area contributed by atoms with E-state index in [-0.39, 0.29) is 62.1 Å². The Morgan fingerprint density at radius 3 is 1.85 bits per heavy atom. The Labute approximate surface area is 518 Å². The van der Waals surface area contributed by atoms with E-state index < -0.39 is 169 Å². The Bertz CT molecular complexity index is 2970. The van der Waals surface area contributed by atoms with Gasteiger partial charge in [-0.3, -0.25) is 62.5 Å². The number of phenols is 1. The summed E-state index contributed by atoms with van der Waals surface area (Å²) in [4.78, 5) is 169. The number of hydrogen-bond donors (Lipinski definition) is 13. The van der Waals surface area contributed by atoms with Crippen molar-refractivity contribution < 1.29 is 72.9 Å². The van der Waals surface area contributed by atoms with Crippen LogP contribution in [0.15, 0.2) is 59.7 Å². The van der Waals surface area contributed by atoms with Gasteiger partial charge in [-0.25, -0.2) is 0 Å². The molecule has 1 aliphatic rings. The van der Waals surface area contributed by atoms with Crippen molar-refractivity contribution in [1.29, 1.82) is 0 Å². The summed E-state index contributed by atoms with van der Waals surface area (Å²) in [6.07, 6.45) is 0.817. The minimum absolute atomic E-state index is 0.0196. The zero-order chi connectivity index (χ0) is 65.9. The fourth-order valence-electron chi connectivity index (χ4n) is 11.1. The third kappa shape index (κ3) is 25.6. The van der Waals surface area contributed by atoms with Crippen LogP contribution >= 0.6 is 0 Å². The first kappa shape index (κ1) is 72.9. The first-order valence-electron chi connectivity index (χ1n) is 30.5. The van der Waals surface area contributed by atoms with E-state index in [4.69, 9.17) is 17.2 Å². The number of nitrogens with two attached hydrogens (primary N) is 3. The van der Waals surface area contributed by atoms with E-state index in [1.165, 1.54) is 45.2 Å². The van der Waals surface area contributed by atoms with Crippen molar-refractivity contribution in [3.05, 3.63) is 65.9 Å². The molecule has 1 aromatic heterocycles. The average molecular weight is 1240 g/mol. The van der Waals surface area contributed by atoms with Crippen molar-refractivity contribution in [3.8, 4) is 5.75 Å². The summed E-state index contributed by atoms with van der Waals surface area (Å²) in [7, 11) is 1.50. The number of carboxylic acid groups (broad SMARTS) is 1. The molecule has 0 bridgehead atoms. The van der Waals surface area contributed by atoms with Gasteiger partial charge in [0.2, 0.25) is 41.4 Å². The Morgan fingerprint density at radius 2 is 1.26 bits per heavy atom. The van der Waals surface area contributed by atoms with E-state index in [2.05, 4.69) is 41.9 Å². The molecule has 1 aliphatic carbocycles. The number of fused-ring (bicyclic) bond motifs is 1. The number of Topliss-reactive ketones (excluding diaryl/α,β-unsaturated/α-hetero) is 4. The quantitative estimate of drug-likeness (QED) is 0.0220. The minimum atomic E-state index is -1.73. The van der Waals surface area contributed by atoms with E-state index >= 15 is 0 Å². The van der Waals surface area contributed by atoms with Crippen molar-refractivity contribution in [2.24, 2.45) is 51.8 Å². The lowest BCUT2D eigenvalue weighted by Gasteiger charge is -2.29. The molecule has 0 saturated heterocycles. The number of primary amides is 2. The van der Waals surface area contributed by atoms with Gasteiger partial charge in [-0.2, -0.15) is 0 Å². The number of amides is 7. The highest BCUT2D eigenvalue weighted by Gasteiger charge is 2.37. The van der Waals surface area contributed by atoms with Crippen molar-refractivity contribution in [3.63, 3.8) is 0 Å². The van der Waals surface area contributed by atoms with Gasteiger partial charge in [0.25, 0.3) is 0 Å². The second-order valence-corrected chi connectivity index (χ2v) is 23.8. The van der Waals surface area contributed by atoms with E-state index in [0.717, 1.165) is 48.6 Å². The Hall–Kier alpha value is -8.55. The van der Waals surface area contributed by atoms with Gasteiger partial charge in [0.05, 0.1) is 42.6 Å². The molecule has 26 heteroatoms. The number of phenolic OH excluding ortho intramolecular Hbond substituents is 1. The molecule has 0 aliphatic heterocycles. The van der Waals surface area contributed by atoms with Gasteiger partial charge in [-0.1, -0.05) is 76.3 Å². The van der Waals surface area contributed by atoms with Gasteiger partial charge >= 0.3 is 5.97 Å². The van der Waals surface area contributed by atoms with Crippen LogP contribution in [0.5, 0.6) is 5.75 Å². The zero-order valence-electron chi connectivity index (χ0n) is 51.6. The number of nitrogens with zero attached hydrogens (tertiary/aromatic N) is 1. The average Bonchev–Trinajstić information content (AvgIpc) is 2.47. The molecule has 3 aromatic rings. The van der Waals surface area contributed by atoms with Gasteiger partial charge < -0.3 is 69.4 Å². The predicted octanol–water partition coefficient (Wildman–Crippen LogP) is 2.12. The number of aromatic nitrogens is 1. The van der Waals surface area contributed by atoms with Gasteiger partial charge in [-0.05, 0) is 86.6 Å². The zero-order valence-corrected chi connectivity index (χ0v) is 51.6. The van der Waals surface area contributed by atoms with E-state index in [1.807, 2.05) is 38.1 Å². The van der Waals surface area contributed by atoms with Crippen LogP contribution < -0.4 is 49.1 Å². The number of nitrogens with one attached hydrogen (secondary N) is 7. The van der Waals surface area contributed by atoms with Crippen LogP contribution in [0.25, 0.3) is 10.9 Å². The summed E-state index contributed by atoms with van der Waals surface area (Å²) in [6, 6.07) is 6.85. The number of aromatic hydroxyl groups is 1. The molecule has 26 nitrogen and oxygen atoms in total. The third-order valence-electron chi connectivity index (χ3n) is 16.0. The highest BCUT2D eigenvalue weighted by molar-refractivity contribution is 5.99. The van der Waals surface area contributed by atoms with Crippen molar-refractivity contribution in [2.45, 2.75) is 186 Å². The van der Waals surface area contributed by atoms with Crippen LogP contribution in [-0.2, 0) is 70.4 Å². The number of para-hydroxylation sites is 1. The number of aliphatic hydroxyl groups is 1. The van der Waals surface area contributed by atoms with E-state index in [1.54, 1.807) is 6.20 Å². The summed E-state index contributed by atoms with van der Waals surface area (Å²) >= 11 is 0. The molecule has 0 spiro atoms. The molecule has 9 atom stereocenters. The summed E-state index contributed by atoms with van der Waals surface area (Å²) in [6.45, 7) is 6.38. The number of benzene rings is 2. The summed E-state index contributed by atoms with van der Waals surface area (Å²) in [5.41, 5.74) is 19.2. The highest BCUT2D eigenvalue weighted by atomic mass is 16.4. The number of carbonyl (C=O) groups is 12. The molecule has 1 saturated carbocycles. The number of aliphatic carboxylic acids is 1. The van der Waals surface area contributed by atoms with Crippen LogP contribution in [0.3, 0.4) is 0 Å². The number of aliphatic hydroxyl groups excluding tert-OH is 1. The van der Waals surface area contributed by atoms with E-state index in [9.17, 15) is 72.9 Å². The predicted molar refractivity (Wildman–Crippen MR) is 330 cm³/mol. The van der Waals surface area contributed by atoms with Gasteiger partial charge in [0, 0.05) is 94.4 Å². The standard InChI is InChI=1S/C63H91N11O15/c1-35(2)26-47(53(79)30-40(14-11-25-68-63(66)67-5)60(87)74-51(59(65)86)29-42-34-69-46-16-10-9-15-44(42)46)71-57(83)23-22-52(78)48(27-38-12-7-6-8-13-38)73-62(89)45(36(3)75)32-55(81)50(33-56(64)82)72-61(88)41(19-24-58(84)85)31-54(80)49(70-37(4)76)28-39-17-20-43(77)21-18-39/h9-10,15-18,20-21,34-36,38,40-41,45,47-51,69,75,77H,6-8,11-14,19,22-33H2,1-5H3,(H2,64,82)(H2,65,86)(H,70,76)(H,71,83)(H,72,88)(H,73,89)(H,74,87)(H,84,85)(H3,66,67,68)/t36-,40-,41-,45+,47+,48+,49-,50+,51+/m1/s1. The lowest BCUT2D eigenvalue weighted by molar-refractivity contribution is -0.139. The molecule has 89 heavy (non-hydrogen) atoms. The lowest BCUT2D eigenvalue weighted by Crippen LogP contribution is -2.50. The smallest absolute Gasteiger partial charge is 0.303 e. The Kier molecular flexibility index (Phi) is 30.1. The molecule has 0 unspecified atom stereocenters. The number of carboxylic acids is 1. The molecule has 16 N–H and O–H groups in total. The third-order valence-corrected chi connectivity index (χ3v) is 16.0. The number of rotatable bonds is 40. The number of H-pyrrole nitrogens is 1. The minimum Gasteiger partial charge on any atom is -0.508 e. The van der Waals surface area contributed by atoms with Crippen LogP contribution in [0.1, 0.15) is 148 Å². The maximum atomic E-state index is 14.3. The lowest BCUT2D eigenvalue weighted by atomic mass is 9.83. The van der Waals surface area contributed by atoms with Crippen molar-refractivity contribution in [2.75, 3.05) is 13.6 Å². The van der Waals surface area contributed by atoms with Crippen LogP contribution in [0.4, 0.5) is 0 Å². The fourth-order valence-corrected chi connectivity index (χ4v) is 11.1. The topological polar surface area (TPSA) is 444 Å². The molecule has 7 amide bonds. The molecular formula is C63H91N11O15. The normalized spacial score (nSPS) is 15.8. The molecule has 2 aromatic carbocycles. The van der Waals surface area contributed by atoms with Gasteiger partial charge in [0.15, 0.2) is 29.1 Å². The van der Waals surface area contributed by atoms with Crippen LogP contribution in [0.2, 0.25) is 0 Å². The summed E-state index contributed by atoms with van der Waals surface area (Å²) in [5.74, 6) is -13.6. The van der Waals surface area contributed by atoms with Gasteiger partial charge in [-0.15, -0.1) is 0 Å². The number of guanidine groups is 1. The number of ketones is 4. The monoisotopic (exact) mass is 1240 g/mol. The van der Waals surface area contributed by atoms with Crippen molar-refractivity contribution >= 4 is 87.3 Å². The van der Waals surface area contributed by atoms with Crippen molar-refractivity contribution in [1.82, 2.24) is 36.9 Å². The first-order valence-corrected chi connectivity index (χ1v) is 30.5. The molecule has 4 rings (SSSR count). The molecule has 0 radical (unpaired) electrons. The second kappa shape index (κ2) is 36.7. The number of hydrogen-bond acceptors (Lipinski definition) is 15. The SMILES string of the molecule is CN=C(N)NCCC[C@H](CC(=O)[C@H](CC(C)C)NC(=O)CCC(=O)[C@H](CC1CCCCC1)NC(=O)[C@@H](CC(=O)[C@H](CC(N)=O)NC(=O)[C@H](CCC(=O)O)CC(=O)[C@@H](Cc1ccc(O)cc1)NC(C)=O)[C@@H](C)O)C(=O)N[C@@H](Cc1c[nH]c2ccccc12)C(N)=O. The molecular weight excluding hydrogens is 1150 g/mol. The summed E-state index contributed by atoms with van der Waals surface area (Å²) < 4.78 is 0. The number of carbonyl (C=O) groups excluding carboxylic acids is 11. The second-order valence-electron chi connectivity index (χ2n) is 23.8. The number of aromatic amines is 1. The summed E-state index contributed by atoms with van der Waals surface area (Å²) in [5, 5.41) is 47.2. The van der Waals surface area contributed by atoms with Crippen LogP contribution in [-0.4, -0.2) is 147 Å².